The molecule has 20 heavy (non-hydrogen) atoms. The lowest BCUT2D eigenvalue weighted by Crippen LogP contribution is -2.21. The van der Waals surface area contributed by atoms with E-state index in [1.807, 2.05) is 30.3 Å². The fourth-order valence-corrected chi connectivity index (χ4v) is 2.59. The molecule has 1 aliphatic carbocycles. The molecule has 3 nitrogen and oxygen atoms in total. The number of allylic oxidation sites excluding steroid dienone is 2. The number of hydrogen-bond acceptors (Lipinski definition) is 3. The number of rotatable bonds is 4. The number of hydrogen-bond donors (Lipinski definition) is 1. The van der Waals surface area contributed by atoms with Crippen LogP contribution >= 0.6 is 0 Å². The van der Waals surface area contributed by atoms with Crippen LogP contribution in [0.15, 0.2) is 64.9 Å². The first-order valence-electron chi connectivity index (χ1n) is 6.86. The van der Waals surface area contributed by atoms with Crippen molar-refractivity contribution in [2.45, 2.75) is 25.3 Å². The third kappa shape index (κ3) is 2.99. The summed E-state index contributed by atoms with van der Waals surface area (Å²) in [5.74, 6) is 1.33. The zero-order valence-electron chi connectivity index (χ0n) is 11.2. The van der Waals surface area contributed by atoms with Gasteiger partial charge < -0.3 is 9.73 Å². The fourth-order valence-electron chi connectivity index (χ4n) is 2.59. The van der Waals surface area contributed by atoms with E-state index < -0.39 is 0 Å². The van der Waals surface area contributed by atoms with E-state index in [9.17, 15) is 4.79 Å². The van der Waals surface area contributed by atoms with Crippen molar-refractivity contribution in [3.63, 3.8) is 0 Å². The summed E-state index contributed by atoms with van der Waals surface area (Å²) in [4.78, 5) is 11.9. The highest BCUT2D eigenvalue weighted by atomic mass is 16.3. The fraction of sp³-hybridized carbons (Fsp3) is 0.235. The van der Waals surface area contributed by atoms with Gasteiger partial charge in [0.15, 0.2) is 5.78 Å². The number of carbonyl (C=O) groups excluding carboxylic acids is 1. The molecule has 102 valence electrons. The second-order valence-corrected chi connectivity index (χ2v) is 5.08. The smallest absolute Gasteiger partial charge is 0.158 e. The molecule has 1 aromatic carbocycles. The summed E-state index contributed by atoms with van der Waals surface area (Å²) in [7, 11) is 0. The van der Waals surface area contributed by atoms with Gasteiger partial charge in [0.05, 0.1) is 12.8 Å². The Labute approximate surface area is 118 Å². The van der Waals surface area contributed by atoms with E-state index in [2.05, 4.69) is 17.4 Å². The Morgan fingerprint density at radius 3 is 2.70 bits per heavy atom. The molecule has 2 aromatic rings. The normalized spacial score (nSPS) is 18.7. The van der Waals surface area contributed by atoms with Gasteiger partial charge in [0.25, 0.3) is 0 Å². The van der Waals surface area contributed by atoms with Crippen molar-refractivity contribution < 1.29 is 9.21 Å². The van der Waals surface area contributed by atoms with Crippen molar-refractivity contribution in [1.29, 1.82) is 0 Å². The lowest BCUT2D eigenvalue weighted by atomic mass is 9.85. The van der Waals surface area contributed by atoms with E-state index in [0.717, 1.165) is 17.9 Å². The maximum atomic E-state index is 11.9. The Morgan fingerprint density at radius 1 is 1.10 bits per heavy atom. The predicted octanol–water partition coefficient (Wildman–Crippen LogP) is 3.40. The molecule has 1 heterocycles. The SMILES string of the molecule is O=C1C=C(NCc2ccco2)C[C@@H](c2ccccc2)C1. The third-order valence-electron chi connectivity index (χ3n) is 3.59. The van der Waals surface area contributed by atoms with Gasteiger partial charge in [0, 0.05) is 18.2 Å². The number of nitrogens with one attached hydrogen (secondary N) is 1. The average molecular weight is 267 g/mol. The van der Waals surface area contributed by atoms with Gasteiger partial charge in [0.1, 0.15) is 5.76 Å². The Bertz CT molecular complexity index is 599. The third-order valence-corrected chi connectivity index (χ3v) is 3.59. The lowest BCUT2D eigenvalue weighted by Gasteiger charge is -2.23. The van der Waals surface area contributed by atoms with E-state index in [4.69, 9.17) is 4.42 Å². The lowest BCUT2D eigenvalue weighted by molar-refractivity contribution is -0.115. The van der Waals surface area contributed by atoms with E-state index >= 15 is 0 Å². The first-order valence-corrected chi connectivity index (χ1v) is 6.86. The summed E-state index contributed by atoms with van der Waals surface area (Å²) < 4.78 is 5.29. The van der Waals surface area contributed by atoms with Gasteiger partial charge in [-0.05, 0) is 30.0 Å². The summed E-state index contributed by atoms with van der Waals surface area (Å²) in [6.07, 6.45) is 4.85. The van der Waals surface area contributed by atoms with E-state index in [0.29, 0.717) is 13.0 Å². The number of carbonyl (C=O) groups is 1. The van der Waals surface area contributed by atoms with E-state index in [-0.39, 0.29) is 11.7 Å². The van der Waals surface area contributed by atoms with Gasteiger partial charge in [-0.15, -0.1) is 0 Å². The molecule has 0 spiro atoms. The van der Waals surface area contributed by atoms with Crippen LogP contribution in [0, 0.1) is 0 Å². The summed E-state index contributed by atoms with van der Waals surface area (Å²) in [5.41, 5.74) is 2.22. The van der Waals surface area contributed by atoms with Gasteiger partial charge >= 0.3 is 0 Å². The Hall–Kier alpha value is -2.29. The van der Waals surface area contributed by atoms with Crippen LogP contribution in [0.4, 0.5) is 0 Å². The molecular weight excluding hydrogens is 250 g/mol. The largest absolute Gasteiger partial charge is 0.467 e. The van der Waals surface area contributed by atoms with Gasteiger partial charge in [-0.25, -0.2) is 0 Å². The van der Waals surface area contributed by atoms with Crippen LogP contribution in [0.2, 0.25) is 0 Å². The van der Waals surface area contributed by atoms with Crippen molar-refractivity contribution in [3.8, 4) is 0 Å². The van der Waals surface area contributed by atoms with Crippen LogP contribution in [0.1, 0.15) is 30.1 Å². The quantitative estimate of drug-likeness (QED) is 0.923. The van der Waals surface area contributed by atoms with Crippen molar-refractivity contribution in [2.75, 3.05) is 0 Å². The van der Waals surface area contributed by atoms with E-state index in [1.165, 1.54) is 5.56 Å². The predicted molar refractivity (Wildman–Crippen MR) is 77.1 cm³/mol. The molecule has 1 aromatic heterocycles. The summed E-state index contributed by atoms with van der Waals surface area (Å²) in [6.45, 7) is 0.619. The molecule has 0 aliphatic heterocycles. The average Bonchev–Trinajstić information content (AvgIpc) is 2.99. The molecule has 0 unspecified atom stereocenters. The zero-order chi connectivity index (χ0) is 13.8. The van der Waals surface area contributed by atoms with Crippen LogP contribution in [0.5, 0.6) is 0 Å². The van der Waals surface area contributed by atoms with Crippen molar-refractivity contribution in [3.05, 3.63) is 71.8 Å². The van der Waals surface area contributed by atoms with Crippen LogP contribution in [0.25, 0.3) is 0 Å². The molecule has 0 saturated carbocycles. The second kappa shape index (κ2) is 5.78. The molecular formula is C17H17NO2. The number of ketones is 1. The van der Waals surface area contributed by atoms with Crippen molar-refractivity contribution in [1.82, 2.24) is 5.32 Å². The molecule has 0 amide bonds. The minimum absolute atomic E-state index is 0.187. The maximum absolute atomic E-state index is 11.9. The minimum atomic E-state index is 0.187. The van der Waals surface area contributed by atoms with Gasteiger partial charge in [0.2, 0.25) is 0 Å². The molecule has 1 N–H and O–H groups in total. The van der Waals surface area contributed by atoms with Gasteiger partial charge in [-0.3, -0.25) is 4.79 Å². The van der Waals surface area contributed by atoms with Gasteiger partial charge in [-0.1, -0.05) is 30.3 Å². The van der Waals surface area contributed by atoms with Crippen molar-refractivity contribution in [2.24, 2.45) is 0 Å². The van der Waals surface area contributed by atoms with Crippen LogP contribution in [-0.4, -0.2) is 5.78 Å². The first kappa shape index (κ1) is 12.7. The number of benzene rings is 1. The molecule has 1 atom stereocenters. The molecule has 0 radical (unpaired) electrons. The zero-order valence-corrected chi connectivity index (χ0v) is 11.2. The summed E-state index contributed by atoms with van der Waals surface area (Å²) >= 11 is 0. The highest BCUT2D eigenvalue weighted by molar-refractivity contribution is 5.91. The Morgan fingerprint density at radius 2 is 1.95 bits per heavy atom. The molecule has 3 rings (SSSR count). The minimum Gasteiger partial charge on any atom is -0.467 e. The van der Waals surface area contributed by atoms with Gasteiger partial charge in [-0.2, -0.15) is 0 Å². The Balaban J connectivity index is 1.68. The van der Waals surface area contributed by atoms with E-state index in [1.54, 1.807) is 12.3 Å². The standard InChI is InChI=1S/C17H17NO2/c19-16-10-14(13-5-2-1-3-6-13)9-15(11-16)18-12-17-7-4-8-20-17/h1-8,11,14,18H,9-10,12H2/t14-/m1/s1. The topological polar surface area (TPSA) is 42.2 Å². The number of furan rings is 1. The van der Waals surface area contributed by atoms with Crippen LogP contribution in [-0.2, 0) is 11.3 Å². The highest BCUT2D eigenvalue weighted by Gasteiger charge is 2.21. The maximum Gasteiger partial charge on any atom is 0.158 e. The summed E-state index contributed by atoms with van der Waals surface area (Å²) in [5, 5.41) is 3.30. The van der Waals surface area contributed by atoms with Crippen LogP contribution in [0.3, 0.4) is 0 Å². The molecule has 1 aliphatic rings. The summed E-state index contributed by atoms with van der Waals surface area (Å²) in [6, 6.07) is 14.0. The second-order valence-electron chi connectivity index (χ2n) is 5.08. The monoisotopic (exact) mass is 267 g/mol. The molecule has 0 bridgehead atoms. The molecule has 3 heteroatoms. The van der Waals surface area contributed by atoms with Crippen LogP contribution < -0.4 is 5.32 Å². The van der Waals surface area contributed by atoms with Crippen molar-refractivity contribution >= 4 is 5.78 Å². The highest BCUT2D eigenvalue weighted by Crippen LogP contribution is 2.30. The molecule has 0 fully saturated rings. The first-order chi connectivity index (χ1) is 9.81. The molecule has 0 saturated heterocycles. The Kier molecular flexibility index (Phi) is 3.68.